The van der Waals surface area contributed by atoms with Gasteiger partial charge in [-0.3, -0.25) is 9.78 Å². The van der Waals surface area contributed by atoms with E-state index in [9.17, 15) is 14.0 Å². The fourth-order valence-electron chi connectivity index (χ4n) is 4.10. The number of benzene rings is 1. The van der Waals surface area contributed by atoms with Gasteiger partial charge in [0.2, 0.25) is 5.91 Å². The third-order valence-corrected chi connectivity index (χ3v) is 6.02. The summed E-state index contributed by atoms with van der Waals surface area (Å²) in [6.07, 6.45) is 4.86. The number of hydrogen-bond donors (Lipinski definition) is 0. The second kappa shape index (κ2) is 10.2. The van der Waals surface area contributed by atoms with E-state index in [0.717, 1.165) is 17.5 Å². The zero-order chi connectivity index (χ0) is 24.2. The molecule has 0 spiro atoms. The number of ether oxygens (including phenoxy) is 1. The number of halogens is 1. The van der Waals surface area contributed by atoms with Crippen LogP contribution in [0.1, 0.15) is 39.2 Å². The van der Waals surface area contributed by atoms with E-state index in [1.54, 1.807) is 35.2 Å². The molecule has 1 amide bonds. The third kappa shape index (κ3) is 5.03. The molecule has 0 aliphatic carbocycles. The zero-order valence-corrected chi connectivity index (χ0v) is 19.8. The maximum atomic E-state index is 13.7. The molecule has 180 valence electrons. The minimum atomic E-state index is -0.754. The van der Waals surface area contributed by atoms with Crippen molar-refractivity contribution in [1.82, 2.24) is 24.2 Å². The Labute approximate surface area is 198 Å². The minimum absolute atomic E-state index is 0.0135. The van der Waals surface area contributed by atoms with Crippen LogP contribution in [0.3, 0.4) is 0 Å². The molecule has 9 heteroatoms. The topological polar surface area (TPSA) is 82.2 Å². The third-order valence-electron chi connectivity index (χ3n) is 6.02. The number of rotatable bonds is 7. The highest BCUT2D eigenvalue weighted by Crippen LogP contribution is 2.25. The van der Waals surface area contributed by atoms with Crippen LogP contribution in [0, 0.1) is 5.92 Å². The van der Waals surface area contributed by atoms with Gasteiger partial charge in [0.25, 0.3) is 0 Å². The first-order valence-electron chi connectivity index (χ1n) is 11.6. The molecule has 0 saturated carbocycles. The summed E-state index contributed by atoms with van der Waals surface area (Å²) >= 11 is 0. The molecule has 0 unspecified atom stereocenters. The van der Waals surface area contributed by atoms with Crippen LogP contribution in [0.25, 0.3) is 17.1 Å². The predicted octanol–water partition coefficient (Wildman–Crippen LogP) is 3.61. The Hall–Kier alpha value is -3.49. The lowest BCUT2D eigenvalue weighted by molar-refractivity contribution is -0.133. The van der Waals surface area contributed by atoms with Crippen molar-refractivity contribution in [2.24, 2.45) is 5.92 Å². The first-order valence-corrected chi connectivity index (χ1v) is 11.6. The first-order chi connectivity index (χ1) is 16.4. The van der Waals surface area contributed by atoms with Gasteiger partial charge in [0.05, 0.1) is 11.8 Å². The van der Waals surface area contributed by atoms with Crippen molar-refractivity contribution < 1.29 is 13.9 Å². The van der Waals surface area contributed by atoms with Gasteiger partial charge >= 0.3 is 5.69 Å². The maximum absolute atomic E-state index is 13.7. The molecule has 3 heterocycles. The fraction of sp³-hybridized carbons (Fsp3) is 0.440. The van der Waals surface area contributed by atoms with Crippen molar-refractivity contribution in [3.63, 3.8) is 0 Å². The van der Waals surface area contributed by atoms with Gasteiger partial charge in [0.1, 0.15) is 19.0 Å². The number of pyridine rings is 1. The van der Waals surface area contributed by atoms with Crippen LogP contribution in [0.4, 0.5) is 4.39 Å². The standard InChI is InChI=1S/C25H30FN5O3/c1-17(2)34-21-6-4-20(5-7-21)31-24(22-8-11-27-15-19(22)14-26)28-30(25(31)33)16-23(32)29-12-9-18(3)10-13-29/h4-8,11,15,17-18H,9-10,12-14,16H2,1-3H3. The van der Waals surface area contributed by atoms with Crippen LogP contribution in [-0.4, -0.2) is 49.3 Å². The molecule has 0 bridgehead atoms. The van der Waals surface area contributed by atoms with Crippen LogP contribution in [0.2, 0.25) is 0 Å². The normalized spacial score (nSPS) is 14.6. The fourth-order valence-corrected chi connectivity index (χ4v) is 4.10. The Morgan fingerprint density at radius 2 is 1.88 bits per heavy atom. The van der Waals surface area contributed by atoms with Gasteiger partial charge in [0.15, 0.2) is 5.82 Å². The summed E-state index contributed by atoms with van der Waals surface area (Å²) in [7, 11) is 0. The number of nitrogens with zero attached hydrogens (tertiary/aromatic N) is 5. The molecule has 1 aliphatic rings. The largest absolute Gasteiger partial charge is 0.491 e. The molecule has 2 aromatic heterocycles. The number of piperidine rings is 1. The summed E-state index contributed by atoms with van der Waals surface area (Å²) in [4.78, 5) is 32.1. The SMILES string of the molecule is CC1CCN(C(=O)Cn2nc(-c3ccncc3CF)n(-c3ccc(OC(C)C)cc3)c2=O)CC1. The average molecular weight is 468 g/mol. The highest BCUT2D eigenvalue weighted by Gasteiger charge is 2.24. The van der Waals surface area contributed by atoms with Gasteiger partial charge in [-0.1, -0.05) is 6.92 Å². The smallest absolute Gasteiger partial charge is 0.351 e. The lowest BCUT2D eigenvalue weighted by atomic mass is 9.99. The van der Waals surface area contributed by atoms with Crippen LogP contribution in [-0.2, 0) is 18.0 Å². The Kier molecular flexibility index (Phi) is 7.09. The first kappa shape index (κ1) is 23.7. The summed E-state index contributed by atoms with van der Waals surface area (Å²) in [5.74, 6) is 1.37. The van der Waals surface area contributed by atoms with Crippen molar-refractivity contribution >= 4 is 5.91 Å². The van der Waals surface area contributed by atoms with Gasteiger partial charge in [-0.2, -0.15) is 0 Å². The van der Waals surface area contributed by atoms with E-state index in [1.807, 2.05) is 13.8 Å². The molecular formula is C25H30FN5O3. The van der Waals surface area contributed by atoms with E-state index in [2.05, 4.69) is 17.0 Å². The van der Waals surface area contributed by atoms with Gasteiger partial charge in [-0.25, -0.2) is 18.4 Å². The van der Waals surface area contributed by atoms with Crippen molar-refractivity contribution in [3.05, 3.63) is 58.8 Å². The quantitative estimate of drug-likeness (QED) is 0.530. The molecule has 1 aliphatic heterocycles. The summed E-state index contributed by atoms with van der Waals surface area (Å²) in [5.41, 5.74) is 0.850. The van der Waals surface area contributed by atoms with Crippen molar-refractivity contribution in [1.29, 1.82) is 0 Å². The Bertz CT molecular complexity index is 1190. The maximum Gasteiger partial charge on any atom is 0.351 e. The summed E-state index contributed by atoms with van der Waals surface area (Å²) in [6, 6.07) is 8.66. The van der Waals surface area contributed by atoms with Gasteiger partial charge in [0, 0.05) is 36.6 Å². The number of likely N-dealkylation sites (tertiary alicyclic amines) is 1. The van der Waals surface area contributed by atoms with Crippen LogP contribution in [0.15, 0.2) is 47.5 Å². The van der Waals surface area contributed by atoms with Crippen LogP contribution >= 0.6 is 0 Å². The van der Waals surface area contributed by atoms with E-state index in [0.29, 0.717) is 41.6 Å². The summed E-state index contributed by atoms with van der Waals surface area (Å²) < 4.78 is 22.0. The Morgan fingerprint density at radius 3 is 2.53 bits per heavy atom. The Balaban J connectivity index is 1.74. The number of hydrogen-bond acceptors (Lipinski definition) is 5. The van der Waals surface area contributed by atoms with Crippen LogP contribution in [0.5, 0.6) is 5.75 Å². The van der Waals surface area contributed by atoms with Gasteiger partial charge < -0.3 is 9.64 Å². The number of alkyl halides is 1. The molecule has 4 rings (SSSR count). The second-order valence-electron chi connectivity index (χ2n) is 8.99. The molecule has 34 heavy (non-hydrogen) atoms. The number of carbonyl (C=O) groups excluding carboxylic acids is 1. The summed E-state index contributed by atoms with van der Waals surface area (Å²) in [5, 5.41) is 4.48. The molecule has 0 N–H and O–H groups in total. The van der Waals surface area contributed by atoms with E-state index < -0.39 is 12.4 Å². The molecule has 1 saturated heterocycles. The molecule has 0 radical (unpaired) electrons. The molecule has 8 nitrogen and oxygen atoms in total. The van der Waals surface area contributed by atoms with Crippen molar-refractivity contribution in [2.45, 2.75) is 52.9 Å². The average Bonchev–Trinajstić information content (AvgIpc) is 3.15. The summed E-state index contributed by atoms with van der Waals surface area (Å²) in [6.45, 7) is 6.47. The Morgan fingerprint density at radius 1 is 1.18 bits per heavy atom. The molecule has 3 aromatic rings. The molecule has 0 atom stereocenters. The number of amides is 1. The second-order valence-corrected chi connectivity index (χ2v) is 8.99. The predicted molar refractivity (Wildman–Crippen MR) is 127 cm³/mol. The van der Waals surface area contributed by atoms with Crippen LogP contribution < -0.4 is 10.4 Å². The highest BCUT2D eigenvalue weighted by molar-refractivity contribution is 5.76. The lowest BCUT2D eigenvalue weighted by Gasteiger charge is -2.30. The van der Waals surface area contributed by atoms with Crippen molar-refractivity contribution in [2.75, 3.05) is 13.1 Å². The van der Waals surface area contributed by atoms with Gasteiger partial charge in [-0.05, 0) is 62.9 Å². The number of aromatic nitrogens is 4. The molecule has 1 fully saturated rings. The van der Waals surface area contributed by atoms with Gasteiger partial charge in [-0.15, -0.1) is 5.10 Å². The highest BCUT2D eigenvalue weighted by atomic mass is 19.1. The zero-order valence-electron chi connectivity index (χ0n) is 19.8. The monoisotopic (exact) mass is 467 g/mol. The van der Waals surface area contributed by atoms with E-state index >= 15 is 0 Å². The van der Waals surface area contributed by atoms with E-state index in [-0.39, 0.29) is 24.4 Å². The van der Waals surface area contributed by atoms with E-state index in [1.165, 1.54) is 17.0 Å². The molecule has 1 aromatic carbocycles. The lowest BCUT2D eigenvalue weighted by Crippen LogP contribution is -2.41. The van der Waals surface area contributed by atoms with Crippen molar-refractivity contribution in [3.8, 4) is 22.8 Å². The minimum Gasteiger partial charge on any atom is -0.491 e. The van der Waals surface area contributed by atoms with E-state index in [4.69, 9.17) is 4.74 Å². The molecular weight excluding hydrogens is 437 g/mol. The number of carbonyl (C=O) groups is 1.